The van der Waals surface area contributed by atoms with E-state index >= 15 is 0 Å². The molecule has 0 spiro atoms. The molecule has 5 heteroatoms. The van der Waals surface area contributed by atoms with Crippen LogP contribution in [-0.4, -0.2) is 15.6 Å². The molecule has 0 amide bonds. The predicted molar refractivity (Wildman–Crippen MR) is 67.2 cm³/mol. The van der Waals surface area contributed by atoms with Gasteiger partial charge < -0.3 is 15.5 Å². The second kappa shape index (κ2) is 9.17. The lowest BCUT2D eigenvalue weighted by Crippen LogP contribution is -2.19. The highest BCUT2D eigenvalue weighted by atomic mass is 31.2. The average molecular weight is 251 g/mol. The maximum atomic E-state index is 10.7. The molecule has 0 fully saturated rings. The van der Waals surface area contributed by atoms with Crippen LogP contribution in [-0.2, 0) is 4.57 Å². The zero-order chi connectivity index (χ0) is 12.4. The Bertz CT molecular complexity index is 205. The zero-order valence-electron chi connectivity index (χ0n) is 10.3. The Hall–Kier alpha value is 0.110. The second-order valence-electron chi connectivity index (χ2n) is 4.42. The van der Waals surface area contributed by atoms with Crippen LogP contribution in [0, 0.1) is 0 Å². The fourth-order valence-electron chi connectivity index (χ4n) is 1.66. The van der Waals surface area contributed by atoms with Crippen molar-refractivity contribution in [1.82, 2.24) is 0 Å². The van der Waals surface area contributed by atoms with Crippen molar-refractivity contribution in [2.75, 3.05) is 0 Å². The molecule has 0 aromatic carbocycles. The summed E-state index contributed by atoms with van der Waals surface area (Å²) in [6.07, 6.45) is 9.80. The highest BCUT2D eigenvalue weighted by Gasteiger charge is 2.23. The number of unbranched alkanes of at least 4 members (excludes halogenated alkanes) is 7. The molecule has 0 bridgehead atoms. The van der Waals surface area contributed by atoms with Crippen LogP contribution in [0.25, 0.3) is 0 Å². The van der Waals surface area contributed by atoms with Gasteiger partial charge in [-0.15, -0.1) is 0 Å². The molecule has 0 aromatic heterocycles. The molecule has 0 unspecified atom stereocenters. The normalized spacial score (nSPS) is 14.0. The smallest absolute Gasteiger partial charge is 0.323 e. The quantitative estimate of drug-likeness (QED) is 0.411. The highest BCUT2D eigenvalue weighted by Crippen LogP contribution is 2.40. The van der Waals surface area contributed by atoms with Crippen molar-refractivity contribution in [2.45, 2.75) is 70.5 Å². The molecule has 0 aliphatic heterocycles. The lowest BCUT2D eigenvalue weighted by molar-refractivity contribution is 0.353. The molecule has 0 rings (SSSR count). The zero-order valence-corrected chi connectivity index (χ0v) is 11.2. The molecule has 0 saturated carbocycles. The minimum Gasteiger partial charge on any atom is -0.323 e. The first-order valence-electron chi connectivity index (χ1n) is 6.29. The summed E-state index contributed by atoms with van der Waals surface area (Å²) in [6.45, 7) is 2.20. The van der Waals surface area contributed by atoms with E-state index in [1.807, 2.05) is 0 Å². The fraction of sp³-hybridized carbons (Fsp3) is 1.00. The van der Waals surface area contributed by atoms with Gasteiger partial charge in [0.1, 0.15) is 5.78 Å². The van der Waals surface area contributed by atoms with E-state index in [9.17, 15) is 4.57 Å². The molecular weight excluding hydrogens is 225 g/mol. The summed E-state index contributed by atoms with van der Waals surface area (Å²) < 4.78 is 10.7. The molecule has 0 aliphatic carbocycles. The van der Waals surface area contributed by atoms with E-state index in [-0.39, 0.29) is 0 Å². The standard InChI is InChI=1S/C11H26NO3P/c1-2-3-4-5-6-7-8-9-10-11(12)16(13,14)15/h11H,2-10,12H2,1H3,(H2,13,14,15)/t11-/m0/s1. The van der Waals surface area contributed by atoms with Crippen molar-refractivity contribution >= 4 is 7.60 Å². The first-order valence-corrected chi connectivity index (χ1v) is 7.97. The van der Waals surface area contributed by atoms with E-state index in [1.54, 1.807) is 0 Å². The van der Waals surface area contributed by atoms with Gasteiger partial charge in [-0.1, -0.05) is 58.3 Å². The van der Waals surface area contributed by atoms with Gasteiger partial charge in [-0.05, 0) is 6.42 Å². The van der Waals surface area contributed by atoms with Crippen molar-refractivity contribution in [1.29, 1.82) is 0 Å². The van der Waals surface area contributed by atoms with Crippen LogP contribution in [0.1, 0.15) is 64.7 Å². The monoisotopic (exact) mass is 251 g/mol. The van der Waals surface area contributed by atoms with Gasteiger partial charge in [-0.3, -0.25) is 4.57 Å². The molecule has 0 aliphatic rings. The van der Waals surface area contributed by atoms with Gasteiger partial charge in [0.15, 0.2) is 0 Å². The van der Waals surface area contributed by atoms with Crippen LogP contribution in [0.15, 0.2) is 0 Å². The van der Waals surface area contributed by atoms with Crippen molar-refractivity contribution in [3.63, 3.8) is 0 Å². The van der Waals surface area contributed by atoms with Gasteiger partial charge in [-0.2, -0.15) is 0 Å². The van der Waals surface area contributed by atoms with E-state index in [0.29, 0.717) is 6.42 Å². The van der Waals surface area contributed by atoms with Gasteiger partial charge in [-0.25, -0.2) is 0 Å². The Balaban J connectivity index is 3.24. The highest BCUT2D eigenvalue weighted by molar-refractivity contribution is 7.52. The van der Waals surface area contributed by atoms with Crippen LogP contribution < -0.4 is 5.73 Å². The Morgan fingerprint density at radius 1 is 1.00 bits per heavy atom. The molecule has 16 heavy (non-hydrogen) atoms. The molecule has 0 aromatic rings. The molecule has 4 nitrogen and oxygen atoms in total. The summed E-state index contributed by atoms with van der Waals surface area (Å²) in [7, 11) is -4.05. The van der Waals surface area contributed by atoms with Gasteiger partial charge in [0.25, 0.3) is 0 Å². The second-order valence-corrected chi connectivity index (χ2v) is 6.26. The minimum atomic E-state index is -4.05. The van der Waals surface area contributed by atoms with E-state index in [0.717, 1.165) is 19.3 Å². The van der Waals surface area contributed by atoms with Crippen molar-refractivity contribution < 1.29 is 14.4 Å². The molecule has 1 atom stereocenters. The lowest BCUT2D eigenvalue weighted by atomic mass is 10.1. The lowest BCUT2D eigenvalue weighted by Gasteiger charge is -2.12. The number of nitrogens with two attached hydrogens (primary N) is 1. The summed E-state index contributed by atoms with van der Waals surface area (Å²) in [6, 6.07) is 0. The topological polar surface area (TPSA) is 83.6 Å². The molecule has 0 heterocycles. The predicted octanol–water partition coefficient (Wildman–Crippen LogP) is 2.98. The fourth-order valence-corrected chi connectivity index (χ4v) is 2.17. The Labute approximate surface area is 98.8 Å². The summed E-state index contributed by atoms with van der Waals surface area (Å²) in [5, 5.41) is 0. The van der Waals surface area contributed by atoms with Crippen molar-refractivity contribution in [2.24, 2.45) is 5.73 Å². The van der Waals surface area contributed by atoms with E-state index in [2.05, 4.69) is 6.92 Å². The molecule has 0 radical (unpaired) electrons. The van der Waals surface area contributed by atoms with Gasteiger partial charge in [0, 0.05) is 0 Å². The van der Waals surface area contributed by atoms with Crippen molar-refractivity contribution in [3.8, 4) is 0 Å². The van der Waals surface area contributed by atoms with E-state index in [1.165, 1.54) is 32.1 Å². The van der Waals surface area contributed by atoms with E-state index in [4.69, 9.17) is 15.5 Å². The molecule has 0 saturated heterocycles. The summed E-state index contributed by atoms with van der Waals surface area (Å²) >= 11 is 0. The molecule has 98 valence electrons. The van der Waals surface area contributed by atoms with E-state index < -0.39 is 13.4 Å². The first-order chi connectivity index (χ1) is 7.48. The first kappa shape index (κ1) is 16.1. The summed E-state index contributed by atoms with van der Waals surface area (Å²) in [5.41, 5.74) is 5.37. The Morgan fingerprint density at radius 3 is 1.88 bits per heavy atom. The van der Waals surface area contributed by atoms with Crippen LogP contribution in [0.5, 0.6) is 0 Å². The Kier molecular flexibility index (Phi) is 9.24. The largest absolute Gasteiger partial charge is 0.342 e. The van der Waals surface area contributed by atoms with Crippen LogP contribution in [0.3, 0.4) is 0 Å². The number of hydrogen-bond acceptors (Lipinski definition) is 2. The van der Waals surface area contributed by atoms with Gasteiger partial charge >= 0.3 is 7.60 Å². The average Bonchev–Trinajstić information content (AvgIpc) is 2.20. The SMILES string of the molecule is CCCCCCCCCC[C@@H](N)P(=O)(O)O. The van der Waals surface area contributed by atoms with Crippen LogP contribution in [0.4, 0.5) is 0 Å². The number of rotatable bonds is 10. The summed E-state index contributed by atoms with van der Waals surface area (Å²) in [5.74, 6) is -0.965. The van der Waals surface area contributed by atoms with Gasteiger partial charge in [0.05, 0.1) is 0 Å². The van der Waals surface area contributed by atoms with Crippen LogP contribution >= 0.6 is 7.60 Å². The molecular formula is C11H26NO3P. The maximum absolute atomic E-state index is 10.7. The third-order valence-corrected chi connectivity index (χ3v) is 3.91. The van der Waals surface area contributed by atoms with Gasteiger partial charge in [0.2, 0.25) is 0 Å². The maximum Gasteiger partial charge on any atom is 0.342 e. The van der Waals surface area contributed by atoms with Crippen molar-refractivity contribution in [3.05, 3.63) is 0 Å². The third kappa shape index (κ3) is 9.34. The van der Waals surface area contributed by atoms with Crippen LogP contribution in [0.2, 0.25) is 0 Å². The summed E-state index contributed by atoms with van der Waals surface area (Å²) in [4.78, 5) is 17.5. The molecule has 4 N–H and O–H groups in total. The third-order valence-electron chi connectivity index (χ3n) is 2.79. The minimum absolute atomic E-state index is 0.430. The Morgan fingerprint density at radius 2 is 1.44 bits per heavy atom. The number of hydrogen-bond donors (Lipinski definition) is 3.